The van der Waals surface area contributed by atoms with Crippen LogP contribution in [-0.2, 0) is 4.79 Å². The molecule has 4 N–H and O–H groups in total. The molecule has 2 atom stereocenters. The van der Waals surface area contributed by atoms with E-state index < -0.39 is 12.1 Å². The molecule has 0 saturated heterocycles. The van der Waals surface area contributed by atoms with Crippen LogP contribution >= 0.6 is 0 Å². The average molecular weight is 420 g/mol. The number of carboxylic acid groups (broad SMARTS) is 1. The molecule has 0 amide bonds. The SMILES string of the molecule is C[C@H](O)c1nccn1[C@H](CN)c1cc(-c2ccc(C#CC3CC(C(=O)O)C3)cc2)on1. The molecule has 0 radical (unpaired) electrons. The summed E-state index contributed by atoms with van der Waals surface area (Å²) in [5.74, 6) is 6.55. The molecule has 1 aliphatic rings. The van der Waals surface area contributed by atoms with Crippen LogP contribution in [0.4, 0.5) is 0 Å². The number of hydrogen-bond acceptors (Lipinski definition) is 6. The number of carboxylic acids is 1. The third-order valence-electron chi connectivity index (χ3n) is 5.58. The van der Waals surface area contributed by atoms with E-state index in [0.29, 0.717) is 30.1 Å². The zero-order chi connectivity index (χ0) is 22.0. The second kappa shape index (κ2) is 8.76. The zero-order valence-electron chi connectivity index (χ0n) is 17.1. The van der Waals surface area contributed by atoms with Crippen LogP contribution in [-0.4, -0.2) is 37.4 Å². The first-order valence-electron chi connectivity index (χ1n) is 10.2. The van der Waals surface area contributed by atoms with E-state index in [1.165, 1.54) is 0 Å². The molecule has 3 aromatic rings. The van der Waals surface area contributed by atoms with Crippen molar-refractivity contribution in [3.63, 3.8) is 0 Å². The number of aromatic nitrogens is 3. The lowest BCUT2D eigenvalue weighted by atomic mass is 9.75. The monoisotopic (exact) mass is 420 g/mol. The Morgan fingerprint density at radius 1 is 1.35 bits per heavy atom. The molecule has 4 rings (SSSR count). The number of carbonyl (C=O) groups is 1. The van der Waals surface area contributed by atoms with E-state index in [2.05, 4.69) is 22.0 Å². The average Bonchev–Trinajstić information content (AvgIpc) is 3.38. The molecular weight excluding hydrogens is 396 g/mol. The van der Waals surface area contributed by atoms with Crippen molar-refractivity contribution < 1.29 is 19.5 Å². The summed E-state index contributed by atoms with van der Waals surface area (Å²) >= 11 is 0. The minimum absolute atomic E-state index is 0.153. The van der Waals surface area contributed by atoms with Crippen LogP contribution in [0.1, 0.15) is 49.0 Å². The zero-order valence-corrected chi connectivity index (χ0v) is 17.1. The van der Waals surface area contributed by atoms with Gasteiger partial charge in [-0.05, 0) is 44.0 Å². The van der Waals surface area contributed by atoms with E-state index in [0.717, 1.165) is 11.1 Å². The topological polar surface area (TPSA) is 127 Å². The van der Waals surface area contributed by atoms with Crippen LogP contribution in [0.15, 0.2) is 47.2 Å². The Labute approximate surface area is 179 Å². The maximum absolute atomic E-state index is 10.9. The fraction of sp³-hybridized carbons (Fsp3) is 0.348. The fourth-order valence-electron chi connectivity index (χ4n) is 3.71. The van der Waals surface area contributed by atoms with Gasteiger partial charge in [-0.2, -0.15) is 0 Å². The number of nitrogens with zero attached hydrogens (tertiary/aromatic N) is 3. The first-order chi connectivity index (χ1) is 15.0. The molecule has 2 heterocycles. The standard InChI is InChI=1S/C23H24N4O4/c1-14(28)22-25-8-9-27(22)20(13-24)19-12-21(31-26-19)17-6-4-15(5-7-17)2-3-16-10-18(11-16)23(29)30/h4-9,12,14,16,18,20,28H,10-11,13,24H2,1H3,(H,29,30)/t14-,16?,18?,20+/m0/s1. The van der Waals surface area contributed by atoms with Gasteiger partial charge in [-0.3, -0.25) is 4.79 Å². The molecule has 1 aromatic carbocycles. The van der Waals surface area contributed by atoms with Crippen LogP contribution in [0.3, 0.4) is 0 Å². The maximum Gasteiger partial charge on any atom is 0.306 e. The highest BCUT2D eigenvalue weighted by atomic mass is 16.5. The number of aliphatic hydroxyl groups excluding tert-OH is 1. The molecule has 0 aliphatic heterocycles. The van der Waals surface area contributed by atoms with Gasteiger partial charge < -0.3 is 25.0 Å². The molecule has 1 saturated carbocycles. The molecule has 31 heavy (non-hydrogen) atoms. The highest BCUT2D eigenvalue weighted by Crippen LogP contribution is 2.33. The molecule has 1 aliphatic carbocycles. The summed E-state index contributed by atoms with van der Waals surface area (Å²) in [6.07, 6.45) is 3.91. The lowest BCUT2D eigenvalue weighted by Gasteiger charge is -2.27. The third kappa shape index (κ3) is 4.38. The summed E-state index contributed by atoms with van der Waals surface area (Å²) in [6, 6.07) is 9.16. The Hall–Kier alpha value is -3.41. The predicted octanol–water partition coefficient (Wildman–Crippen LogP) is 2.60. The van der Waals surface area contributed by atoms with Crippen LogP contribution < -0.4 is 5.73 Å². The van der Waals surface area contributed by atoms with Gasteiger partial charge in [-0.25, -0.2) is 4.98 Å². The molecule has 0 unspecified atom stereocenters. The number of benzene rings is 1. The molecule has 160 valence electrons. The van der Waals surface area contributed by atoms with Gasteiger partial charge in [-0.15, -0.1) is 0 Å². The normalized spacial score (nSPS) is 19.7. The van der Waals surface area contributed by atoms with E-state index in [1.807, 2.05) is 30.3 Å². The molecular formula is C23H24N4O4. The Morgan fingerprint density at radius 3 is 2.74 bits per heavy atom. The second-order valence-electron chi connectivity index (χ2n) is 7.79. The summed E-state index contributed by atoms with van der Waals surface area (Å²) in [5, 5.41) is 23.0. The summed E-state index contributed by atoms with van der Waals surface area (Å²) in [7, 11) is 0. The van der Waals surface area contributed by atoms with Gasteiger partial charge in [0.15, 0.2) is 5.76 Å². The Balaban J connectivity index is 1.47. The number of nitrogens with two attached hydrogens (primary N) is 1. The molecule has 0 spiro atoms. The first kappa shape index (κ1) is 20.8. The van der Waals surface area contributed by atoms with Gasteiger partial charge in [0.1, 0.15) is 17.6 Å². The number of aliphatic carboxylic acids is 1. The van der Waals surface area contributed by atoms with Gasteiger partial charge in [0.25, 0.3) is 0 Å². The van der Waals surface area contributed by atoms with Gasteiger partial charge in [-0.1, -0.05) is 17.0 Å². The number of aliphatic hydroxyl groups is 1. The van der Waals surface area contributed by atoms with E-state index in [1.54, 1.807) is 23.9 Å². The minimum atomic E-state index is -0.735. The second-order valence-corrected chi connectivity index (χ2v) is 7.79. The van der Waals surface area contributed by atoms with Crippen molar-refractivity contribution in [1.29, 1.82) is 0 Å². The van der Waals surface area contributed by atoms with Crippen molar-refractivity contribution in [2.45, 2.75) is 31.9 Å². The Bertz CT molecular complexity index is 1110. The van der Waals surface area contributed by atoms with Crippen molar-refractivity contribution in [1.82, 2.24) is 14.7 Å². The highest BCUT2D eigenvalue weighted by molar-refractivity contribution is 5.71. The van der Waals surface area contributed by atoms with Crippen LogP contribution in [0.2, 0.25) is 0 Å². The van der Waals surface area contributed by atoms with Crippen LogP contribution in [0.25, 0.3) is 11.3 Å². The lowest BCUT2D eigenvalue weighted by Crippen LogP contribution is -2.29. The smallest absolute Gasteiger partial charge is 0.306 e. The maximum atomic E-state index is 10.9. The van der Waals surface area contributed by atoms with Crippen LogP contribution in [0, 0.1) is 23.7 Å². The van der Waals surface area contributed by atoms with E-state index in [4.69, 9.17) is 15.4 Å². The number of hydrogen-bond donors (Lipinski definition) is 3. The quantitative estimate of drug-likeness (QED) is 0.523. The third-order valence-corrected chi connectivity index (χ3v) is 5.58. The largest absolute Gasteiger partial charge is 0.481 e. The first-order valence-corrected chi connectivity index (χ1v) is 10.2. The summed E-state index contributed by atoms with van der Waals surface area (Å²) in [5.41, 5.74) is 8.34. The van der Waals surface area contributed by atoms with E-state index in [9.17, 15) is 9.90 Å². The van der Waals surface area contributed by atoms with Crippen molar-refractivity contribution >= 4 is 5.97 Å². The molecule has 1 fully saturated rings. The van der Waals surface area contributed by atoms with Crippen molar-refractivity contribution in [3.05, 3.63) is 59.8 Å². The van der Waals surface area contributed by atoms with Gasteiger partial charge in [0.05, 0.1) is 12.0 Å². The highest BCUT2D eigenvalue weighted by Gasteiger charge is 2.33. The van der Waals surface area contributed by atoms with Crippen molar-refractivity contribution in [2.24, 2.45) is 17.6 Å². The summed E-state index contributed by atoms with van der Waals surface area (Å²) in [4.78, 5) is 15.1. The Kier molecular flexibility index (Phi) is 5.89. The molecule has 8 heteroatoms. The molecule has 0 bridgehead atoms. The van der Waals surface area contributed by atoms with E-state index >= 15 is 0 Å². The van der Waals surface area contributed by atoms with E-state index in [-0.39, 0.29) is 24.4 Å². The Morgan fingerprint density at radius 2 is 2.10 bits per heavy atom. The lowest BCUT2D eigenvalue weighted by molar-refractivity contribution is -0.145. The molecule has 8 nitrogen and oxygen atoms in total. The van der Waals surface area contributed by atoms with Gasteiger partial charge in [0.2, 0.25) is 0 Å². The van der Waals surface area contributed by atoms with Crippen LogP contribution in [0.5, 0.6) is 0 Å². The predicted molar refractivity (Wildman–Crippen MR) is 113 cm³/mol. The van der Waals surface area contributed by atoms with Gasteiger partial charge >= 0.3 is 5.97 Å². The van der Waals surface area contributed by atoms with Crippen molar-refractivity contribution in [2.75, 3.05) is 6.54 Å². The summed E-state index contributed by atoms with van der Waals surface area (Å²) in [6.45, 7) is 1.93. The van der Waals surface area contributed by atoms with Crippen molar-refractivity contribution in [3.8, 4) is 23.2 Å². The number of rotatable bonds is 6. The summed E-state index contributed by atoms with van der Waals surface area (Å²) < 4.78 is 7.34. The fourth-order valence-corrected chi connectivity index (χ4v) is 3.71. The minimum Gasteiger partial charge on any atom is -0.481 e. The molecule has 2 aromatic heterocycles. The number of imidazole rings is 1. The van der Waals surface area contributed by atoms with Gasteiger partial charge in [0, 0.05) is 42.0 Å².